The maximum absolute atomic E-state index is 12.4. The van der Waals surface area contributed by atoms with Crippen LogP contribution in [0.2, 0.25) is 0 Å². The first-order valence-corrected chi connectivity index (χ1v) is 11.3. The Kier molecular flexibility index (Phi) is 6.85. The van der Waals surface area contributed by atoms with Gasteiger partial charge < -0.3 is 25.7 Å². The van der Waals surface area contributed by atoms with E-state index >= 15 is 0 Å². The fourth-order valence-electron chi connectivity index (χ4n) is 4.53. The number of anilines is 1. The van der Waals surface area contributed by atoms with Crippen LogP contribution in [-0.2, 0) is 11.2 Å². The molecule has 0 radical (unpaired) electrons. The van der Waals surface area contributed by atoms with Crippen LogP contribution in [0.1, 0.15) is 44.2 Å². The van der Waals surface area contributed by atoms with E-state index in [0.717, 1.165) is 61.2 Å². The van der Waals surface area contributed by atoms with E-state index in [9.17, 15) is 4.79 Å². The van der Waals surface area contributed by atoms with Crippen LogP contribution in [0.5, 0.6) is 11.6 Å². The molecular formula is C25H31N5O2. The highest BCUT2D eigenvalue weighted by Gasteiger charge is 2.30. The molecule has 1 aromatic carbocycles. The standard InChI is InChI=1S/C25H31N5O2/c1-17-6-7-22-23(30(17)18(2)31)9-8-21(25(22)32-24-5-3-4-12-28-24)19(15-26)16-29-20-10-13-27-14-11-20/h3-5,8-9,12,15-17,20,26-27,29H,6-7,10-11,13-14H2,1-2H3/b19-16+,26-15?. The minimum Gasteiger partial charge on any atom is -0.438 e. The second-order valence-electron chi connectivity index (χ2n) is 8.42. The molecule has 2 aliphatic rings. The van der Waals surface area contributed by atoms with Gasteiger partial charge in [-0.2, -0.15) is 0 Å². The highest BCUT2D eigenvalue weighted by molar-refractivity contribution is 6.10. The number of ether oxygens (including phenoxy) is 1. The predicted octanol–water partition coefficient (Wildman–Crippen LogP) is 3.89. The molecule has 3 heterocycles. The van der Waals surface area contributed by atoms with Crippen molar-refractivity contribution in [3.05, 3.63) is 53.9 Å². The molecule has 0 bridgehead atoms. The van der Waals surface area contributed by atoms with Crippen molar-refractivity contribution in [3.63, 3.8) is 0 Å². The van der Waals surface area contributed by atoms with Crippen molar-refractivity contribution in [1.82, 2.24) is 15.6 Å². The van der Waals surface area contributed by atoms with Crippen LogP contribution in [0.4, 0.5) is 5.69 Å². The monoisotopic (exact) mass is 433 g/mol. The van der Waals surface area contributed by atoms with Gasteiger partial charge >= 0.3 is 0 Å². The molecule has 1 aromatic heterocycles. The van der Waals surface area contributed by atoms with Crippen molar-refractivity contribution in [3.8, 4) is 11.6 Å². The van der Waals surface area contributed by atoms with Crippen molar-refractivity contribution in [2.24, 2.45) is 0 Å². The summed E-state index contributed by atoms with van der Waals surface area (Å²) < 4.78 is 6.31. The summed E-state index contributed by atoms with van der Waals surface area (Å²) in [5.74, 6) is 1.18. The summed E-state index contributed by atoms with van der Waals surface area (Å²) in [6.45, 7) is 5.67. The number of carbonyl (C=O) groups is 1. The number of hydrogen-bond donors (Lipinski definition) is 3. The number of nitrogens with zero attached hydrogens (tertiary/aromatic N) is 2. The maximum atomic E-state index is 12.4. The van der Waals surface area contributed by atoms with Crippen molar-refractivity contribution in [2.75, 3.05) is 18.0 Å². The average Bonchev–Trinajstić information content (AvgIpc) is 2.81. The van der Waals surface area contributed by atoms with Crippen LogP contribution >= 0.6 is 0 Å². The van der Waals surface area contributed by atoms with Crippen molar-refractivity contribution < 1.29 is 9.53 Å². The van der Waals surface area contributed by atoms with Gasteiger partial charge in [0.1, 0.15) is 5.75 Å². The fraction of sp³-hybridized carbons (Fsp3) is 0.400. The molecule has 0 spiro atoms. The van der Waals surface area contributed by atoms with E-state index < -0.39 is 0 Å². The molecule has 3 N–H and O–H groups in total. The number of rotatable bonds is 6. The molecule has 1 amide bonds. The van der Waals surface area contributed by atoms with Gasteiger partial charge in [0.2, 0.25) is 11.8 Å². The quantitative estimate of drug-likeness (QED) is 0.601. The molecule has 0 saturated carbocycles. The van der Waals surface area contributed by atoms with E-state index in [2.05, 4.69) is 22.5 Å². The van der Waals surface area contributed by atoms with Gasteiger partial charge in [0.05, 0.1) is 5.69 Å². The summed E-state index contributed by atoms with van der Waals surface area (Å²) in [6, 6.07) is 10.00. The highest BCUT2D eigenvalue weighted by atomic mass is 16.5. The summed E-state index contributed by atoms with van der Waals surface area (Å²) in [5.41, 5.74) is 3.42. The summed E-state index contributed by atoms with van der Waals surface area (Å²) in [7, 11) is 0. The number of aromatic nitrogens is 1. The lowest BCUT2D eigenvalue weighted by molar-refractivity contribution is -0.117. The minimum absolute atomic E-state index is 0.0189. The lowest BCUT2D eigenvalue weighted by Crippen LogP contribution is -2.40. The summed E-state index contributed by atoms with van der Waals surface area (Å²) >= 11 is 0. The third-order valence-electron chi connectivity index (χ3n) is 6.21. The second-order valence-corrected chi connectivity index (χ2v) is 8.42. The molecule has 168 valence electrons. The Balaban J connectivity index is 1.77. The normalized spacial score (nSPS) is 19.2. The van der Waals surface area contributed by atoms with Gasteiger partial charge in [0, 0.05) is 60.4 Å². The van der Waals surface area contributed by atoms with E-state index in [0.29, 0.717) is 17.7 Å². The third kappa shape index (κ3) is 4.67. The van der Waals surface area contributed by atoms with E-state index in [4.69, 9.17) is 10.1 Å². The van der Waals surface area contributed by atoms with E-state index in [1.807, 2.05) is 41.4 Å². The first-order valence-electron chi connectivity index (χ1n) is 11.3. The third-order valence-corrected chi connectivity index (χ3v) is 6.21. The number of piperidine rings is 1. The van der Waals surface area contributed by atoms with Gasteiger partial charge in [-0.3, -0.25) is 4.79 Å². The molecule has 0 aliphatic carbocycles. The molecule has 32 heavy (non-hydrogen) atoms. The molecule has 1 saturated heterocycles. The first kappa shape index (κ1) is 22.0. The van der Waals surface area contributed by atoms with Crippen LogP contribution in [0.3, 0.4) is 0 Å². The van der Waals surface area contributed by atoms with E-state index in [-0.39, 0.29) is 11.9 Å². The maximum Gasteiger partial charge on any atom is 0.224 e. The zero-order valence-electron chi connectivity index (χ0n) is 18.7. The SMILES string of the molecule is CC(=O)N1c2ccc(/C(C=N)=C/NC3CCNCC3)c(Oc3ccccn3)c2CCC1C. The van der Waals surface area contributed by atoms with Gasteiger partial charge in [0.15, 0.2) is 0 Å². The Hall–Kier alpha value is -3.19. The number of allylic oxidation sites excluding steroid dienone is 1. The van der Waals surface area contributed by atoms with Crippen LogP contribution in [-0.4, -0.2) is 42.3 Å². The zero-order chi connectivity index (χ0) is 22.5. The Morgan fingerprint density at radius 3 is 2.75 bits per heavy atom. The van der Waals surface area contributed by atoms with Crippen molar-refractivity contribution in [2.45, 2.75) is 51.6 Å². The zero-order valence-corrected chi connectivity index (χ0v) is 18.7. The van der Waals surface area contributed by atoms with Crippen LogP contribution in [0, 0.1) is 5.41 Å². The largest absolute Gasteiger partial charge is 0.438 e. The lowest BCUT2D eigenvalue weighted by atomic mass is 9.91. The summed E-state index contributed by atoms with van der Waals surface area (Å²) in [6.07, 6.45) is 8.72. The Morgan fingerprint density at radius 1 is 1.25 bits per heavy atom. The second kappa shape index (κ2) is 9.96. The van der Waals surface area contributed by atoms with Crippen LogP contribution < -0.4 is 20.3 Å². The van der Waals surface area contributed by atoms with E-state index in [1.54, 1.807) is 13.1 Å². The Labute approximate surface area is 189 Å². The Bertz CT molecular complexity index is 999. The lowest BCUT2D eigenvalue weighted by Gasteiger charge is -2.36. The molecule has 7 heteroatoms. The van der Waals surface area contributed by atoms with Crippen LogP contribution in [0.15, 0.2) is 42.7 Å². The smallest absolute Gasteiger partial charge is 0.224 e. The number of fused-ring (bicyclic) bond motifs is 1. The molecule has 1 atom stereocenters. The van der Waals surface area contributed by atoms with Gasteiger partial charge in [-0.05, 0) is 63.9 Å². The fourth-order valence-corrected chi connectivity index (χ4v) is 4.53. The van der Waals surface area contributed by atoms with Gasteiger partial charge in [-0.25, -0.2) is 4.98 Å². The number of hydrogen-bond acceptors (Lipinski definition) is 6. The number of pyridine rings is 1. The molecule has 1 fully saturated rings. The molecule has 7 nitrogen and oxygen atoms in total. The minimum atomic E-state index is 0.0189. The first-order chi connectivity index (χ1) is 15.6. The highest BCUT2D eigenvalue weighted by Crippen LogP contribution is 2.42. The molecule has 2 aromatic rings. The molecule has 1 unspecified atom stereocenters. The van der Waals surface area contributed by atoms with E-state index in [1.165, 1.54) is 6.21 Å². The number of nitrogens with one attached hydrogen (secondary N) is 3. The topological polar surface area (TPSA) is 90.3 Å². The molecular weight excluding hydrogens is 402 g/mol. The summed E-state index contributed by atoms with van der Waals surface area (Å²) in [4.78, 5) is 18.6. The Morgan fingerprint density at radius 2 is 2.06 bits per heavy atom. The van der Waals surface area contributed by atoms with Crippen molar-refractivity contribution >= 4 is 23.4 Å². The van der Waals surface area contributed by atoms with Gasteiger partial charge in [-0.15, -0.1) is 0 Å². The average molecular weight is 434 g/mol. The summed E-state index contributed by atoms with van der Waals surface area (Å²) in [5, 5.41) is 14.9. The van der Waals surface area contributed by atoms with Gasteiger partial charge in [-0.1, -0.05) is 6.07 Å². The predicted molar refractivity (Wildman–Crippen MR) is 127 cm³/mol. The van der Waals surface area contributed by atoms with Crippen LogP contribution in [0.25, 0.3) is 5.57 Å². The number of benzene rings is 1. The van der Waals surface area contributed by atoms with Crippen molar-refractivity contribution in [1.29, 1.82) is 5.41 Å². The van der Waals surface area contributed by atoms with Gasteiger partial charge in [0.25, 0.3) is 0 Å². The molecule has 4 rings (SSSR count). The number of amides is 1. The molecule has 2 aliphatic heterocycles. The number of carbonyl (C=O) groups excluding carboxylic acids is 1.